The molecule has 2 N–H and O–H groups in total. The molecule has 1 aliphatic heterocycles. The van der Waals surface area contributed by atoms with Crippen LogP contribution in [-0.4, -0.2) is 29.8 Å². The van der Waals surface area contributed by atoms with E-state index < -0.39 is 0 Å². The molecule has 1 saturated heterocycles. The predicted octanol–water partition coefficient (Wildman–Crippen LogP) is 2.44. The molecule has 5 nitrogen and oxygen atoms in total. The van der Waals surface area contributed by atoms with Crippen molar-refractivity contribution in [3.63, 3.8) is 0 Å². The van der Waals surface area contributed by atoms with Gasteiger partial charge in [0.15, 0.2) is 5.82 Å². The molecule has 3 rings (SSSR count). The summed E-state index contributed by atoms with van der Waals surface area (Å²) in [6, 6.07) is 0. The lowest BCUT2D eigenvalue weighted by Crippen LogP contribution is -2.10. The number of nitrogens with two attached hydrogens (primary N) is 1. The highest BCUT2D eigenvalue weighted by molar-refractivity contribution is 7.18. The highest BCUT2D eigenvalue weighted by Crippen LogP contribution is 2.31. The second kappa shape index (κ2) is 5.63. The Balaban J connectivity index is 1.72. The summed E-state index contributed by atoms with van der Waals surface area (Å²) >= 11 is 1.66. The van der Waals surface area contributed by atoms with Crippen LogP contribution in [0.3, 0.4) is 0 Å². The summed E-state index contributed by atoms with van der Waals surface area (Å²) in [5, 5.41) is 0.987. The molecule has 2 aromatic rings. The van der Waals surface area contributed by atoms with Crippen LogP contribution in [0.5, 0.6) is 0 Å². The second-order valence-corrected chi connectivity index (χ2v) is 6.44. The van der Waals surface area contributed by atoms with Crippen LogP contribution >= 0.6 is 11.3 Å². The summed E-state index contributed by atoms with van der Waals surface area (Å²) in [6.07, 6.45) is 1.07. The molecule has 0 saturated carbocycles. The van der Waals surface area contributed by atoms with Gasteiger partial charge in [-0.25, -0.2) is 9.97 Å². The minimum absolute atomic E-state index is 0.409. The zero-order chi connectivity index (χ0) is 14.1. The van der Waals surface area contributed by atoms with Crippen molar-refractivity contribution >= 4 is 27.4 Å². The number of nitrogens with zero attached hydrogens (tertiary/aromatic N) is 2. The number of rotatable bonds is 4. The van der Waals surface area contributed by atoms with Crippen molar-refractivity contribution in [2.75, 3.05) is 25.6 Å². The predicted molar refractivity (Wildman–Crippen MR) is 79.9 cm³/mol. The van der Waals surface area contributed by atoms with Crippen LogP contribution in [0, 0.1) is 19.8 Å². The van der Waals surface area contributed by atoms with Crippen molar-refractivity contribution in [2.24, 2.45) is 5.92 Å². The molecule has 6 heteroatoms. The van der Waals surface area contributed by atoms with Gasteiger partial charge in [-0.05, 0) is 25.8 Å². The first-order valence-electron chi connectivity index (χ1n) is 6.82. The lowest BCUT2D eigenvalue weighted by Gasteiger charge is -2.08. The molecule has 1 fully saturated rings. The minimum Gasteiger partial charge on any atom is -0.383 e. The van der Waals surface area contributed by atoms with Gasteiger partial charge in [-0.1, -0.05) is 0 Å². The summed E-state index contributed by atoms with van der Waals surface area (Å²) in [5.74, 6) is 1.72. The Morgan fingerprint density at radius 1 is 1.40 bits per heavy atom. The molecular weight excluding hydrogens is 274 g/mol. The fourth-order valence-electron chi connectivity index (χ4n) is 2.42. The van der Waals surface area contributed by atoms with Crippen LogP contribution in [0.1, 0.15) is 22.7 Å². The van der Waals surface area contributed by atoms with Crippen LogP contribution in [0.2, 0.25) is 0 Å². The second-order valence-electron chi connectivity index (χ2n) is 5.23. The van der Waals surface area contributed by atoms with Crippen LogP contribution in [0.15, 0.2) is 0 Å². The number of fused-ring (bicyclic) bond motifs is 1. The number of hydrogen-bond donors (Lipinski definition) is 1. The van der Waals surface area contributed by atoms with Gasteiger partial charge in [0.05, 0.1) is 18.6 Å². The third kappa shape index (κ3) is 2.63. The maximum absolute atomic E-state index is 6.05. The van der Waals surface area contributed by atoms with E-state index in [1.165, 1.54) is 10.4 Å². The van der Waals surface area contributed by atoms with Gasteiger partial charge in [0.1, 0.15) is 17.3 Å². The minimum atomic E-state index is 0.409. The normalized spacial score (nSPS) is 19.0. The number of aromatic nitrogens is 2. The Labute approximate surface area is 122 Å². The molecule has 0 aliphatic carbocycles. The molecule has 0 amide bonds. The Bertz CT molecular complexity index is 620. The van der Waals surface area contributed by atoms with Crippen molar-refractivity contribution in [3.05, 3.63) is 16.3 Å². The molecule has 1 unspecified atom stereocenters. The molecule has 0 radical (unpaired) electrons. The zero-order valence-corrected chi connectivity index (χ0v) is 12.6. The number of aryl methyl sites for hydroxylation is 2. The fraction of sp³-hybridized carbons (Fsp3) is 0.571. The van der Waals surface area contributed by atoms with E-state index in [-0.39, 0.29) is 0 Å². The van der Waals surface area contributed by atoms with Crippen molar-refractivity contribution in [3.8, 4) is 0 Å². The average Bonchev–Trinajstić information content (AvgIpc) is 2.99. The monoisotopic (exact) mass is 293 g/mol. The maximum atomic E-state index is 6.05. The first kappa shape index (κ1) is 13.7. The molecule has 1 atom stereocenters. The molecule has 108 valence electrons. The van der Waals surface area contributed by atoms with Gasteiger partial charge >= 0.3 is 0 Å². The third-order valence-electron chi connectivity index (χ3n) is 3.71. The Morgan fingerprint density at radius 2 is 2.25 bits per heavy atom. The molecule has 3 heterocycles. The summed E-state index contributed by atoms with van der Waals surface area (Å²) in [5.41, 5.74) is 7.22. The Hall–Kier alpha value is -1.24. The van der Waals surface area contributed by atoms with E-state index in [1.807, 2.05) is 0 Å². The van der Waals surface area contributed by atoms with Crippen molar-refractivity contribution in [2.45, 2.75) is 26.9 Å². The van der Waals surface area contributed by atoms with E-state index in [9.17, 15) is 0 Å². The van der Waals surface area contributed by atoms with Gasteiger partial charge in [0.2, 0.25) is 0 Å². The molecule has 1 aliphatic rings. The molecule has 2 aromatic heterocycles. The van der Waals surface area contributed by atoms with E-state index in [0.29, 0.717) is 30.8 Å². The summed E-state index contributed by atoms with van der Waals surface area (Å²) in [4.78, 5) is 11.1. The van der Waals surface area contributed by atoms with E-state index in [1.54, 1.807) is 11.3 Å². The first-order chi connectivity index (χ1) is 9.65. The molecule has 0 aromatic carbocycles. The van der Waals surface area contributed by atoms with Crippen LogP contribution < -0.4 is 5.73 Å². The van der Waals surface area contributed by atoms with E-state index >= 15 is 0 Å². The summed E-state index contributed by atoms with van der Waals surface area (Å²) in [7, 11) is 0. The quantitative estimate of drug-likeness (QED) is 0.937. The van der Waals surface area contributed by atoms with Crippen LogP contribution in [-0.2, 0) is 16.1 Å². The Kier molecular flexibility index (Phi) is 3.87. The van der Waals surface area contributed by atoms with Gasteiger partial charge < -0.3 is 15.2 Å². The number of thiophene rings is 1. The highest BCUT2D eigenvalue weighted by Gasteiger charge is 2.16. The van der Waals surface area contributed by atoms with Gasteiger partial charge in [0.25, 0.3) is 0 Å². The van der Waals surface area contributed by atoms with Crippen molar-refractivity contribution < 1.29 is 9.47 Å². The average molecular weight is 293 g/mol. The highest BCUT2D eigenvalue weighted by atomic mass is 32.1. The molecule has 0 bridgehead atoms. The van der Waals surface area contributed by atoms with E-state index in [2.05, 4.69) is 23.8 Å². The molecule has 20 heavy (non-hydrogen) atoms. The summed E-state index contributed by atoms with van der Waals surface area (Å²) < 4.78 is 11.0. The maximum Gasteiger partial charge on any atom is 0.158 e. The van der Waals surface area contributed by atoms with Gasteiger partial charge in [0, 0.05) is 17.4 Å². The smallest absolute Gasteiger partial charge is 0.158 e. The van der Waals surface area contributed by atoms with E-state index in [0.717, 1.165) is 29.9 Å². The number of hydrogen-bond acceptors (Lipinski definition) is 6. The third-order valence-corrected chi connectivity index (χ3v) is 4.81. The summed E-state index contributed by atoms with van der Waals surface area (Å²) in [6.45, 7) is 6.89. The van der Waals surface area contributed by atoms with Crippen LogP contribution in [0.4, 0.5) is 5.82 Å². The van der Waals surface area contributed by atoms with Crippen molar-refractivity contribution in [1.82, 2.24) is 9.97 Å². The first-order valence-corrected chi connectivity index (χ1v) is 7.64. The standard InChI is InChI=1S/C14H19N3O2S/c1-8-9(2)20-14-12(8)13(15)16-11(17-14)7-19-6-10-3-4-18-5-10/h10H,3-7H2,1-2H3,(H2,15,16,17). The number of anilines is 1. The zero-order valence-electron chi connectivity index (χ0n) is 11.8. The topological polar surface area (TPSA) is 70.3 Å². The number of nitrogen functional groups attached to an aromatic ring is 1. The van der Waals surface area contributed by atoms with E-state index in [4.69, 9.17) is 15.2 Å². The SMILES string of the molecule is Cc1sc2nc(COCC3CCOC3)nc(N)c2c1C. The lowest BCUT2D eigenvalue weighted by molar-refractivity contribution is 0.0755. The Morgan fingerprint density at radius 3 is 3.00 bits per heavy atom. The van der Waals surface area contributed by atoms with Gasteiger partial charge in [-0.15, -0.1) is 11.3 Å². The number of ether oxygens (including phenoxy) is 2. The van der Waals surface area contributed by atoms with Crippen molar-refractivity contribution in [1.29, 1.82) is 0 Å². The van der Waals surface area contributed by atoms with Crippen LogP contribution in [0.25, 0.3) is 10.2 Å². The lowest BCUT2D eigenvalue weighted by atomic mass is 10.1. The fourth-order valence-corrected chi connectivity index (χ4v) is 3.48. The van der Waals surface area contributed by atoms with Gasteiger partial charge in [-0.2, -0.15) is 0 Å². The largest absolute Gasteiger partial charge is 0.383 e. The molecule has 0 spiro atoms. The molecular formula is C14H19N3O2S. The van der Waals surface area contributed by atoms with Gasteiger partial charge in [-0.3, -0.25) is 0 Å².